The Labute approximate surface area is 179 Å². The largest absolute Gasteiger partial charge is 0.353 e. The molecule has 5 rings (SSSR count). The third-order valence-electron chi connectivity index (χ3n) is 5.55. The van der Waals surface area contributed by atoms with Gasteiger partial charge in [-0.05, 0) is 49.7 Å². The van der Waals surface area contributed by atoms with Gasteiger partial charge in [0.15, 0.2) is 0 Å². The number of thiophene rings is 1. The van der Waals surface area contributed by atoms with Crippen molar-refractivity contribution in [2.75, 3.05) is 31.1 Å². The number of para-hydroxylation sites is 1. The molecule has 0 atom stereocenters. The summed E-state index contributed by atoms with van der Waals surface area (Å²) in [5.41, 5.74) is 3.15. The quantitative estimate of drug-likeness (QED) is 0.504. The zero-order valence-electron chi connectivity index (χ0n) is 17.1. The molecule has 1 aliphatic heterocycles. The highest BCUT2D eigenvalue weighted by atomic mass is 32.1. The molecule has 0 saturated carbocycles. The Balaban J connectivity index is 1.36. The first-order valence-corrected chi connectivity index (χ1v) is 10.9. The van der Waals surface area contributed by atoms with Crippen LogP contribution in [-0.4, -0.2) is 51.8 Å². The van der Waals surface area contributed by atoms with Crippen molar-refractivity contribution in [3.05, 3.63) is 70.9 Å². The second kappa shape index (κ2) is 7.57. The lowest BCUT2D eigenvalue weighted by atomic mass is 10.2. The van der Waals surface area contributed by atoms with Gasteiger partial charge in [0.05, 0.1) is 16.3 Å². The van der Waals surface area contributed by atoms with Crippen molar-refractivity contribution in [1.29, 1.82) is 0 Å². The number of amides is 1. The minimum atomic E-state index is 0.104. The van der Waals surface area contributed by atoms with Gasteiger partial charge >= 0.3 is 0 Å². The maximum Gasteiger partial charge on any atom is 0.264 e. The van der Waals surface area contributed by atoms with Crippen LogP contribution in [0.2, 0.25) is 0 Å². The third-order valence-corrected chi connectivity index (χ3v) is 6.65. The average Bonchev–Trinajstić information content (AvgIpc) is 3.35. The fraction of sp³-hybridized carbons (Fsp3) is 0.261. The third kappa shape index (κ3) is 3.35. The van der Waals surface area contributed by atoms with Crippen LogP contribution in [0.15, 0.2) is 54.7 Å². The van der Waals surface area contributed by atoms with Crippen LogP contribution >= 0.6 is 11.3 Å². The highest BCUT2D eigenvalue weighted by molar-refractivity contribution is 7.20. The van der Waals surface area contributed by atoms with Gasteiger partial charge in [-0.25, -0.2) is 9.67 Å². The summed E-state index contributed by atoms with van der Waals surface area (Å²) in [5, 5.41) is 5.72. The van der Waals surface area contributed by atoms with Crippen LogP contribution < -0.4 is 4.90 Å². The summed E-state index contributed by atoms with van der Waals surface area (Å²) in [4.78, 5) is 23.7. The van der Waals surface area contributed by atoms with Gasteiger partial charge in [0, 0.05) is 37.8 Å². The van der Waals surface area contributed by atoms with E-state index in [1.807, 2.05) is 65.2 Å². The van der Waals surface area contributed by atoms with E-state index in [9.17, 15) is 4.79 Å². The zero-order chi connectivity index (χ0) is 20.7. The number of hydrogen-bond donors (Lipinski definition) is 0. The van der Waals surface area contributed by atoms with E-state index in [0.717, 1.165) is 45.4 Å². The molecule has 1 fully saturated rings. The van der Waals surface area contributed by atoms with Crippen LogP contribution in [0, 0.1) is 13.8 Å². The molecule has 0 aliphatic carbocycles. The number of carbonyl (C=O) groups excluding carboxylic acids is 1. The van der Waals surface area contributed by atoms with Crippen LogP contribution in [0.3, 0.4) is 0 Å². The molecule has 1 saturated heterocycles. The zero-order valence-corrected chi connectivity index (χ0v) is 17.9. The lowest BCUT2D eigenvalue weighted by Crippen LogP contribution is -2.48. The molecule has 4 heterocycles. The van der Waals surface area contributed by atoms with Gasteiger partial charge in [-0.15, -0.1) is 11.3 Å². The molecule has 0 unspecified atom stereocenters. The maximum atomic E-state index is 13.2. The maximum absolute atomic E-state index is 13.2. The monoisotopic (exact) mass is 417 g/mol. The van der Waals surface area contributed by atoms with E-state index in [4.69, 9.17) is 0 Å². The summed E-state index contributed by atoms with van der Waals surface area (Å²) in [6.45, 7) is 7.06. The van der Waals surface area contributed by atoms with Crippen LogP contribution in [0.4, 0.5) is 5.82 Å². The molecule has 1 aromatic carbocycles. The molecular weight excluding hydrogens is 394 g/mol. The van der Waals surface area contributed by atoms with Gasteiger partial charge in [-0.3, -0.25) is 4.79 Å². The highest BCUT2D eigenvalue weighted by Gasteiger charge is 2.25. The van der Waals surface area contributed by atoms with E-state index in [0.29, 0.717) is 13.1 Å². The second-order valence-corrected chi connectivity index (χ2v) is 8.66. The number of nitrogens with zero attached hydrogens (tertiary/aromatic N) is 5. The summed E-state index contributed by atoms with van der Waals surface area (Å²) < 4.78 is 1.94. The van der Waals surface area contributed by atoms with Crippen molar-refractivity contribution in [3.8, 4) is 5.69 Å². The number of pyridine rings is 1. The van der Waals surface area contributed by atoms with E-state index in [-0.39, 0.29) is 5.91 Å². The molecule has 4 aromatic rings. The summed E-state index contributed by atoms with van der Waals surface area (Å²) in [6, 6.07) is 16.2. The first-order chi connectivity index (χ1) is 14.6. The molecule has 1 aliphatic rings. The second-order valence-electron chi connectivity index (χ2n) is 7.63. The summed E-state index contributed by atoms with van der Waals surface area (Å²) in [5.74, 6) is 1.09. The molecular formula is C23H23N5OS. The van der Waals surface area contributed by atoms with E-state index in [1.54, 1.807) is 0 Å². The number of fused-ring (bicyclic) bond motifs is 1. The van der Waals surface area contributed by atoms with Crippen LogP contribution in [0.25, 0.3) is 15.9 Å². The number of carbonyl (C=O) groups is 1. The first kappa shape index (κ1) is 18.8. The Hall–Kier alpha value is -3.19. The molecule has 7 heteroatoms. The van der Waals surface area contributed by atoms with Crippen LogP contribution in [0.1, 0.15) is 20.9 Å². The minimum Gasteiger partial charge on any atom is -0.353 e. The van der Waals surface area contributed by atoms with Crippen molar-refractivity contribution in [2.24, 2.45) is 0 Å². The van der Waals surface area contributed by atoms with E-state index in [1.165, 1.54) is 16.9 Å². The van der Waals surface area contributed by atoms with Crippen LogP contribution in [-0.2, 0) is 0 Å². The SMILES string of the molecule is Cc1ccnc(N2CCN(C(=O)c3cc4c(C)nn(-c5ccccc5)c4s3)CC2)c1. The molecule has 0 bridgehead atoms. The summed E-state index contributed by atoms with van der Waals surface area (Å²) >= 11 is 1.52. The Bertz CT molecular complexity index is 1210. The van der Waals surface area contributed by atoms with Crippen molar-refractivity contribution in [2.45, 2.75) is 13.8 Å². The molecule has 30 heavy (non-hydrogen) atoms. The number of aryl methyl sites for hydroxylation is 2. The predicted molar refractivity (Wildman–Crippen MR) is 121 cm³/mol. The number of hydrogen-bond acceptors (Lipinski definition) is 5. The number of rotatable bonds is 3. The van der Waals surface area contributed by atoms with Gasteiger partial charge in [0.2, 0.25) is 0 Å². The van der Waals surface area contributed by atoms with Crippen LogP contribution in [0.5, 0.6) is 0 Å². The fourth-order valence-corrected chi connectivity index (χ4v) is 5.04. The molecule has 152 valence electrons. The van der Waals surface area contributed by atoms with Gasteiger partial charge in [0.25, 0.3) is 5.91 Å². The average molecular weight is 418 g/mol. The predicted octanol–water partition coefficient (Wildman–Crippen LogP) is 4.06. The molecule has 1 amide bonds. The van der Waals surface area contributed by atoms with Gasteiger partial charge in [-0.1, -0.05) is 18.2 Å². The Morgan fingerprint density at radius 1 is 1.00 bits per heavy atom. The molecule has 0 spiro atoms. The first-order valence-electron chi connectivity index (χ1n) is 10.1. The molecule has 0 N–H and O–H groups in total. The van der Waals surface area contributed by atoms with E-state index >= 15 is 0 Å². The Morgan fingerprint density at radius 2 is 1.77 bits per heavy atom. The number of piperazine rings is 1. The van der Waals surface area contributed by atoms with Crippen molar-refractivity contribution in [1.82, 2.24) is 19.7 Å². The van der Waals surface area contributed by atoms with Gasteiger partial charge in [0.1, 0.15) is 10.6 Å². The summed E-state index contributed by atoms with van der Waals surface area (Å²) in [6.07, 6.45) is 1.84. The van der Waals surface area contributed by atoms with Crippen molar-refractivity contribution in [3.63, 3.8) is 0 Å². The molecule has 0 radical (unpaired) electrons. The molecule has 6 nitrogen and oxygen atoms in total. The standard InChI is InChI=1S/C23H23N5OS/c1-16-8-9-24-21(14-16)26-10-12-27(13-11-26)22(29)20-15-19-17(2)25-28(23(19)30-20)18-6-4-3-5-7-18/h3-9,14-15H,10-13H2,1-2H3. The van der Waals surface area contributed by atoms with E-state index in [2.05, 4.69) is 28.0 Å². The number of aromatic nitrogens is 3. The van der Waals surface area contributed by atoms with Crippen molar-refractivity contribution < 1.29 is 4.79 Å². The normalized spacial score (nSPS) is 14.5. The van der Waals surface area contributed by atoms with Gasteiger partial charge < -0.3 is 9.80 Å². The minimum absolute atomic E-state index is 0.104. The Kier molecular flexibility index (Phi) is 4.75. The summed E-state index contributed by atoms with van der Waals surface area (Å²) in [7, 11) is 0. The van der Waals surface area contributed by atoms with E-state index < -0.39 is 0 Å². The van der Waals surface area contributed by atoms with Crippen molar-refractivity contribution >= 4 is 33.3 Å². The smallest absolute Gasteiger partial charge is 0.264 e. The van der Waals surface area contributed by atoms with Gasteiger partial charge in [-0.2, -0.15) is 5.10 Å². The number of anilines is 1. The highest BCUT2D eigenvalue weighted by Crippen LogP contribution is 2.31. The number of benzene rings is 1. The Morgan fingerprint density at radius 3 is 2.50 bits per heavy atom. The fourth-order valence-electron chi connectivity index (χ4n) is 3.88. The lowest BCUT2D eigenvalue weighted by Gasteiger charge is -2.35. The topological polar surface area (TPSA) is 54.3 Å². The lowest BCUT2D eigenvalue weighted by molar-refractivity contribution is 0.0751. The molecule has 3 aromatic heterocycles.